The number of pyridine rings is 2. The number of ether oxygens (including phenoxy) is 1. The van der Waals surface area contributed by atoms with Crippen LogP contribution in [0.4, 0.5) is 5.95 Å². The maximum absolute atomic E-state index is 5.38. The van der Waals surface area contributed by atoms with Crippen LogP contribution in [0.5, 0.6) is 5.88 Å². The normalized spacial score (nSPS) is 19.6. The number of rotatable bonds is 6. The Morgan fingerprint density at radius 3 is 2.64 bits per heavy atom. The Bertz CT molecular complexity index is 930. The Morgan fingerprint density at radius 2 is 1.89 bits per heavy atom. The molecule has 3 heterocycles. The number of nitrogens with zero attached hydrogens (tertiary/aromatic N) is 4. The topological polar surface area (TPSA) is 72.8 Å². The van der Waals surface area contributed by atoms with Crippen LogP contribution in [-0.2, 0) is 0 Å². The minimum absolute atomic E-state index is 0.105. The molecule has 3 aromatic heterocycles. The van der Waals surface area contributed by atoms with E-state index < -0.39 is 0 Å². The molecule has 1 aliphatic rings. The summed E-state index contributed by atoms with van der Waals surface area (Å²) in [7, 11) is 1.65. The number of alkyl halides is 1. The molecule has 1 aliphatic carbocycles. The summed E-state index contributed by atoms with van der Waals surface area (Å²) in [5.41, 5.74) is 0.887. The van der Waals surface area contributed by atoms with Gasteiger partial charge in [-0.05, 0) is 0 Å². The molecule has 3 aromatic rings. The van der Waals surface area contributed by atoms with E-state index in [1.165, 1.54) is 29.4 Å². The van der Waals surface area contributed by atoms with E-state index >= 15 is 0 Å². The van der Waals surface area contributed by atoms with Crippen molar-refractivity contribution in [2.75, 3.05) is 19.0 Å². The molecule has 0 aliphatic heterocycles. The predicted octanol–water partition coefficient (Wildman–Crippen LogP) is 0.962. The Hall–Kier alpha value is -1.30. The molecule has 1 N–H and O–H groups in total. The third kappa shape index (κ3) is 5.00. The molecule has 0 spiro atoms. The molecule has 1 fully saturated rings. The summed E-state index contributed by atoms with van der Waals surface area (Å²) >= 11 is 2.12. The van der Waals surface area contributed by atoms with E-state index in [1.54, 1.807) is 13.3 Å². The Kier molecular flexibility index (Phi) is 6.76. The summed E-state index contributed by atoms with van der Waals surface area (Å²) < 4.78 is 8.48. The molecule has 0 bridgehead atoms. The molecule has 8 heteroatoms. The second-order valence-corrected chi connectivity index (χ2v) is 11.6. The fourth-order valence-corrected chi connectivity index (χ4v) is 6.73. The first-order valence-electron chi connectivity index (χ1n) is 9.36. The van der Waals surface area contributed by atoms with Gasteiger partial charge in [0.1, 0.15) is 0 Å². The fourth-order valence-electron chi connectivity index (χ4n) is 3.44. The van der Waals surface area contributed by atoms with Gasteiger partial charge < -0.3 is 0 Å². The van der Waals surface area contributed by atoms with Gasteiger partial charge in [-0.3, -0.25) is 0 Å². The van der Waals surface area contributed by atoms with Crippen LogP contribution >= 0.6 is 22.6 Å². The number of hydrogen-bond donors (Lipinski definition) is 1. The molecule has 0 unspecified atom stereocenters. The van der Waals surface area contributed by atoms with Gasteiger partial charge in [0.25, 0.3) is 0 Å². The Balaban J connectivity index is 1.30. The zero-order chi connectivity index (χ0) is 19.3. The number of aromatic nitrogens is 4. The van der Waals surface area contributed by atoms with Crippen molar-refractivity contribution < 1.29 is 25.9 Å². The molecular formula is C20H22I2N5O-. The van der Waals surface area contributed by atoms with Crippen molar-refractivity contribution in [3.05, 3.63) is 44.1 Å². The Morgan fingerprint density at radius 1 is 1.11 bits per heavy atom. The third-order valence-corrected chi connectivity index (χ3v) is 8.87. The van der Waals surface area contributed by atoms with Gasteiger partial charge in [0.2, 0.25) is 0 Å². The molecule has 28 heavy (non-hydrogen) atoms. The zero-order valence-electron chi connectivity index (χ0n) is 15.6. The average molecular weight is 602 g/mol. The van der Waals surface area contributed by atoms with Gasteiger partial charge in [0.05, 0.1) is 0 Å². The van der Waals surface area contributed by atoms with E-state index in [1.807, 2.05) is 18.5 Å². The SMILES string of the molecule is COc1nccc2ccc([I-]C3CCC(CNc4ncc(I)cn4)CC3)nc12. The van der Waals surface area contributed by atoms with Crippen LogP contribution < -0.4 is 31.3 Å². The first-order chi connectivity index (χ1) is 13.7. The average Bonchev–Trinajstić information content (AvgIpc) is 2.74. The molecule has 148 valence electrons. The van der Waals surface area contributed by atoms with Gasteiger partial charge in [-0.25, -0.2) is 0 Å². The summed E-state index contributed by atoms with van der Waals surface area (Å²) in [6.45, 7) is 0.961. The quantitative estimate of drug-likeness (QED) is 0.258. The number of halogens is 2. The van der Waals surface area contributed by atoms with Crippen LogP contribution in [0, 0.1) is 13.2 Å². The monoisotopic (exact) mass is 602 g/mol. The molecule has 1 saturated carbocycles. The summed E-state index contributed by atoms with van der Waals surface area (Å²) in [5.74, 6) is 2.06. The standard InChI is InChI=1S/C20H22I2N5O/c1-28-19-18-14(8-9-23-19)4-7-17(27-18)22-16-5-2-13(3-6-16)10-24-20-25-11-15(21)12-26-20/h4,7-9,11-13,16H,2-3,5-6,10H2,1H3,(H,24,25,26)/q-1. The van der Waals surface area contributed by atoms with Gasteiger partial charge in [0.15, 0.2) is 0 Å². The fraction of sp³-hybridized carbons (Fsp3) is 0.400. The first-order valence-corrected chi connectivity index (χ1v) is 12.8. The number of fused-ring (bicyclic) bond motifs is 1. The van der Waals surface area contributed by atoms with Crippen molar-refractivity contribution in [2.24, 2.45) is 5.92 Å². The molecule has 0 atom stereocenters. The number of anilines is 1. The van der Waals surface area contributed by atoms with E-state index in [-0.39, 0.29) is 21.2 Å². The van der Waals surface area contributed by atoms with Gasteiger partial charge >= 0.3 is 190 Å². The van der Waals surface area contributed by atoms with E-state index in [2.05, 4.69) is 55.0 Å². The van der Waals surface area contributed by atoms with Crippen molar-refractivity contribution in [2.45, 2.75) is 29.6 Å². The molecule has 4 rings (SSSR count). The van der Waals surface area contributed by atoms with Crippen LogP contribution in [0.3, 0.4) is 0 Å². The summed E-state index contributed by atoms with van der Waals surface area (Å²) in [5, 5.41) is 4.48. The van der Waals surface area contributed by atoms with Crippen molar-refractivity contribution in [3.8, 4) is 5.88 Å². The molecule has 0 amide bonds. The zero-order valence-corrected chi connectivity index (χ0v) is 19.9. The van der Waals surface area contributed by atoms with Crippen LogP contribution in [0.1, 0.15) is 25.7 Å². The van der Waals surface area contributed by atoms with Crippen LogP contribution in [-0.4, -0.2) is 37.5 Å². The van der Waals surface area contributed by atoms with E-state index in [0.29, 0.717) is 11.8 Å². The number of nitrogens with one attached hydrogen (secondary N) is 1. The van der Waals surface area contributed by atoms with Crippen molar-refractivity contribution >= 4 is 39.4 Å². The van der Waals surface area contributed by atoms with Gasteiger partial charge in [-0.2, -0.15) is 0 Å². The molecule has 0 aromatic carbocycles. The number of hydrogen-bond acceptors (Lipinski definition) is 6. The molecular weight excluding hydrogens is 580 g/mol. The Labute approximate surface area is 188 Å². The van der Waals surface area contributed by atoms with Crippen molar-refractivity contribution in [3.63, 3.8) is 0 Å². The number of methoxy groups -OCH3 is 1. The van der Waals surface area contributed by atoms with Gasteiger partial charge in [0, 0.05) is 0 Å². The van der Waals surface area contributed by atoms with E-state index in [9.17, 15) is 0 Å². The summed E-state index contributed by atoms with van der Waals surface area (Å²) in [6.07, 6.45) is 10.6. The first kappa shape index (κ1) is 20.0. The second-order valence-electron chi connectivity index (χ2n) is 6.86. The summed E-state index contributed by atoms with van der Waals surface area (Å²) in [4.78, 5) is 17.8. The van der Waals surface area contributed by atoms with Crippen LogP contribution in [0.2, 0.25) is 0 Å². The predicted molar refractivity (Wildman–Crippen MR) is 114 cm³/mol. The van der Waals surface area contributed by atoms with Gasteiger partial charge in [-0.15, -0.1) is 0 Å². The molecule has 0 radical (unpaired) electrons. The van der Waals surface area contributed by atoms with Crippen LogP contribution in [0.15, 0.2) is 36.8 Å². The molecule has 6 nitrogen and oxygen atoms in total. The second kappa shape index (κ2) is 9.47. The van der Waals surface area contributed by atoms with Crippen molar-refractivity contribution in [1.82, 2.24) is 19.9 Å². The van der Waals surface area contributed by atoms with Gasteiger partial charge in [-0.1, -0.05) is 0 Å². The maximum atomic E-state index is 5.38. The third-order valence-electron chi connectivity index (χ3n) is 4.95. The van der Waals surface area contributed by atoms with E-state index in [4.69, 9.17) is 9.72 Å². The van der Waals surface area contributed by atoms with Crippen LogP contribution in [0.25, 0.3) is 10.9 Å². The van der Waals surface area contributed by atoms with Crippen molar-refractivity contribution in [1.29, 1.82) is 0 Å². The minimum atomic E-state index is -0.105. The van der Waals surface area contributed by atoms with E-state index in [0.717, 1.165) is 30.9 Å². The molecule has 0 saturated heterocycles. The summed E-state index contributed by atoms with van der Waals surface area (Å²) in [6, 6.07) is 6.33.